The molecule has 0 aliphatic rings. The predicted molar refractivity (Wildman–Crippen MR) is 80.8 cm³/mol. The molecule has 0 radical (unpaired) electrons. The zero-order valence-corrected chi connectivity index (χ0v) is 11.6. The van der Waals surface area contributed by atoms with Crippen LogP contribution in [0.2, 0.25) is 5.02 Å². The number of rotatable bonds is 4. The van der Waals surface area contributed by atoms with Gasteiger partial charge in [-0.15, -0.1) is 0 Å². The van der Waals surface area contributed by atoms with Crippen molar-refractivity contribution in [2.75, 3.05) is 5.43 Å². The number of aryl methyl sites for hydroxylation is 1. The van der Waals surface area contributed by atoms with Crippen molar-refractivity contribution >= 4 is 29.5 Å². The van der Waals surface area contributed by atoms with Gasteiger partial charge in [-0.25, -0.2) is 4.79 Å². The Morgan fingerprint density at radius 2 is 2.10 bits per heavy atom. The molecular weight excluding hydrogens is 276 g/mol. The van der Waals surface area contributed by atoms with Crippen molar-refractivity contribution < 1.29 is 9.90 Å². The number of halogens is 1. The molecule has 20 heavy (non-hydrogen) atoms. The van der Waals surface area contributed by atoms with Crippen molar-refractivity contribution in [1.82, 2.24) is 0 Å². The highest BCUT2D eigenvalue weighted by molar-refractivity contribution is 6.30. The molecule has 2 aromatic rings. The minimum absolute atomic E-state index is 0.212. The summed E-state index contributed by atoms with van der Waals surface area (Å²) in [5.74, 6) is -0.969. The van der Waals surface area contributed by atoms with Gasteiger partial charge in [0.05, 0.1) is 17.5 Å². The maximum atomic E-state index is 10.8. The minimum Gasteiger partial charge on any atom is -0.478 e. The highest BCUT2D eigenvalue weighted by Crippen LogP contribution is 2.14. The molecule has 0 spiro atoms. The summed E-state index contributed by atoms with van der Waals surface area (Å²) in [4.78, 5) is 10.8. The normalized spacial score (nSPS) is 10.7. The van der Waals surface area contributed by atoms with E-state index >= 15 is 0 Å². The molecule has 0 saturated carbocycles. The summed E-state index contributed by atoms with van der Waals surface area (Å²) >= 11 is 5.95. The molecule has 0 aromatic heterocycles. The van der Waals surface area contributed by atoms with Crippen molar-refractivity contribution in [2.24, 2.45) is 5.10 Å². The first-order chi connectivity index (χ1) is 9.54. The van der Waals surface area contributed by atoms with Gasteiger partial charge in [0.1, 0.15) is 0 Å². The highest BCUT2D eigenvalue weighted by Gasteiger charge is 2.02. The van der Waals surface area contributed by atoms with E-state index in [0.29, 0.717) is 10.7 Å². The van der Waals surface area contributed by atoms with Crippen molar-refractivity contribution in [3.8, 4) is 0 Å². The van der Waals surface area contributed by atoms with E-state index in [1.807, 2.05) is 19.1 Å². The molecule has 5 heteroatoms. The lowest BCUT2D eigenvalue weighted by molar-refractivity contribution is 0.0697. The molecule has 0 heterocycles. The van der Waals surface area contributed by atoms with Crippen molar-refractivity contribution in [2.45, 2.75) is 6.92 Å². The third-order valence-electron chi connectivity index (χ3n) is 2.58. The standard InChI is InChI=1S/C15H13ClN2O2/c1-10-5-11(7-13(16)6-10)9-17-18-14-4-2-3-12(8-14)15(19)20/h2-9,18H,1H3,(H,19,20)/b17-9+. The van der Waals surface area contributed by atoms with Gasteiger partial charge in [0.15, 0.2) is 0 Å². The summed E-state index contributed by atoms with van der Waals surface area (Å²) in [5.41, 5.74) is 5.53. The van der Waals surface area contributed by atoms with E-state index in [0.717, 1.165) is 11.1 Å². The Morgan fingerprint density at radius 1 is 1.30 bits per heavy atom. The van der Waals surface area contributed by atoms with Gasteiger partial charge < -0.3 is 5.11 Å². The summed E-state index contributed by atoms with van der Waals surface area (Å²) in [7, 11) is 0. The second kappa shape index (κ2) is 6.21. The van der Waals surface area contributed by atoms with E-state index in [1.54, 1.807) is 24.4 Å². The van der Waals surface area contributed by atoms with Gasteiger partial charge in [-0.3, -0.25) is 5.43 Å². The van der Waals surface area contributed by atoms with E-state index < -0.39 is 5.97 Å². The molecule has 2 N–H and O–H groups in total. The van der Waals surface area contributed by atoms with Crippen LogP contribution < -0.4 is 5.43 Å². The molecule has 2 rings (SSSR count). The van der Waals surface area contributed by atoms with E-state index in [9.17, 15) is 4.79 Å². The van der Waals surface area contributed by atoms with Crippen LogP contribution in [0, 0.1) is 6.92 Å². The Hall–Kier alpha value is -2.33. The highest BCUT2D eigenvalue weighted by atomic mass is 35.5. The number of hydrogen-bond acceptors (Lipinski definition) is 3. The Bertz CT molecular complexity index is 648. The van der Waals surface area contributed by atoms with E-state index in [2.05, 4.69) is 10.5 Å². The number of nitrogens with zero attached hydrogens (tertiary/aromatic N) is 1. The average molecular weight is 289 g/mol. The molecule has 0 aliphatic carbocycles. The van der Waals surface area contributed by atoms with E-state index in [-0.39, 0.29) is 5.56 Å². The summed E-state index contributed by atoms with van der Waals surface area (Å²) in [6, 6.07) is 12.1. The third kappa shape index (κ3) is 3.83. The number of hydrazone groups is 1. The zero-order chi connectivity index (χ0) is 14.5. The Labute approximate surface area is 121 Å². The predicted octanol–water partition coefficient (Wildman–Crippen LogP) is 3.79. The Morgan fingerprint density at radius 3 is 2.80 bits per heavy atom. The molecule has 0 amide bonds. The quantitative estimate of drug-likeness (QED) is 0.664. The number of hydrogen-bond donors (Lipinski definition) is 2. The summed E-state index contributed by atoms with van der Waals surface area (Å²) in [6.45, 7) is 1.95. The van der Waals surface area contributed by atoms with Gasteiger partial charge in [0.25, 0.3) is 0 Å². The lowest BCUT2D eigenvalue weighted by Gasteiger charge is -2.02. The largest absolute Gasteiger partial charge is 0.478 e. The van der Waals surface area contributed by atoms with Crippen LogP contribution in [0.1, 0.15) is 21.5 Å². The lowest BCUT2D eigenvalue weighted by Crippen LogP contribution is -1.97. The fourth-order valence-electron chi connectivity index (χ4n) is 1.74. The van der Waals surface area contributed by atoms with Gasteiger partial charge in [0, 0.05) is 5.02 Å². The van der Waals surface area contributed by atoms with Crippen LogP contribution in [-0.4, -0.2) is 17.3 Å². The number of carboxylic acids is 1. The number of anilines is 1. The van der Waals surface area contributed by atoms with E-state index in [1.165, 1.54) is 12.1 Å². The van der Waals surface area contributed by atoms with Crippen LogP contribution in [0.5, 0.6) is 0 Å². The number of carbonyl (C=O) groups is 1. The van der Waals surface area contributed by atoms with Gasteiger partial charge in [0.2, 0.25) is 0 Å². The fourth-order valence-corrected chi connectivity index (χ4v) is 2.04. The third-order valence-corrected chi connectivity index (χ3v) is 2.80. The summed E-state index contributed by atoms with van der Waals surface area (Å²) < 4.78 is 0. The summed E-state index contributed by atoms with van der Waals surface area (Å²) in [5, 5.41) is 13.6. The number of aromatic carboxylic acids is 1. The van der Waals surface area contributed by atoms with Crippen molar-refractivity contribution in [3.05, 3.63) is 64.2 Å². The number of benzene rings is 2. The first-order valence-corrected chi connectivity index (χ1v) is 6.32. The molecule has 2 aromatic carbocycles. The van der Waals surface area contributed by atoms with Gasteiger partial charge in [-0.2, -0.15) is 5.10 Å². The molecule has 0 aliphatic heterocycles. The van der Waals surface area contributed by atoms with E-state index in [4.69, 9.17) is 16.7 Å². The van der Waals surface area contributed by atoms with Crippen molar-refractivity contribution in [3.63, 3.8) is 0 Å². The Kier molecular flexibility index (Phi) is 4.38. The summed E-state index contributed by atoms with van der Waals surface area (Å²) in [6.07, 6.45) is 1.63. The number of carboxylic acid groups (broad SMARTS) is 1. The minimum atomic E-state index is -0.969. The first kappa shape index (κ1) is 14.1. The number of nitrogens with one attached hydrogen (secondary N) is 1. The van der Waals surface area contributed by atoms with Crippen LogP contribution in [0.25, 0.3) is 0 Å². The van der Waals surface area contributed by atoms with Crippen LogP contribution in [-0.2, 0) is 0 Å². The first-order valence-electron chi connectivity index (χ1n) is 5.94. The van der Waals surface area contributed by atoms with Crippen LogP contribution in [0.15, 0.2) is 47.6 Å². The molecular formula is C15H13ClN2O2. The molecule has 4 nitrogen and oxygen atoms in total. The van der Waals surface area contributed by atoms with Gasteiger partial charge >= 0.3 is 5.97 Å². The van der Waals surface area contributed by atoms with Crippen molar-refractivity contribution in [1.29, 1.82) is 0 Å². The van der Waals surface area contributed by atoms with Crippen LogP contribution >= 0.6 is 11.6 Å². The molecule has 0 saturated heterocycles. The smallest absolute Gasteiger partial charge is 0.335 e. The second-order valence-corrected chi connectivity index (χ2v) is 4.75. The molecule has 0 atom stereocenters. The lowest BCUT2D eigenvalue weighted by atomic mass is 10.1. The molecule has 0 unspecified atom stereocenters. The molecule has 102 valence electrons. The van der Waals surface area contributed by atoms with Crippen LogP contribution in [0.4, 0.5) is 5.69 Å². The SMILES string of the molecule is Cc1cc(Cl)cc(/C=N/Nc2cccc(C(=O)O)c2)c1. The molecule has 0 fully saturated rings. The monoisotopic (exact) mass is 288 g/mol. The topological polar surface area (TPSA) is 61.7 Å². The van der Waals surface area contributed by atoms with Crippen LogP contribution in [0.3, 0.4) is 0 Å². The van der Waals surface area contributed by atoms with Gasteiger partial charge in [-0.05, 0) is 48.4 Å². The fraction of sp³-hybridized carbons (Fsp3) is 0.0667. The zero-order valence-electron chi connectivity index (χ0n) is 10.8. The average Bonchev–Trinajstić information content (AvgIpc) is 2.38. The Balaban J connectivity index is 2.09. The maximum Gasteiger partial charge on any atom is 0.335 e. The molecule has 0 bridgehead atoms. The second-order valence-electron chi connectivity index (χ2n) is 4.32. The maximum absolute atomic E-state index is 10.8. The van der Waals surface area contributed by atoms with Gasteiger partial charge in [-0.1, -0.05) is 23.7 Å².